The maximum absolute atomic E-state index is 10.8. The lowest BCUT2D eigenvalue weighted by Crippen LogP contribution is -2.01. The lowest BCUT2D eigenvalue weighted by Gasteiger charge is -2.09. The van der Waals surface area contributed by atoms with Gasteiger partial charge in [0.1, 0.15) is 23.1 Å². The van der Waals surface area contributed by atoms with Gasteiger partial charge in [0, 0.05) is 23.2 Å². The minimum atomic E-state index is -0.408. The Kier molecular flexibility index (Phi) is 3.61. The van der Waals surface area contributed by atoms with Crippen LogP contribution >= 0.6 is 11.5 Å². The Hall–Kier alpha value is -2.22. The number of aromatic nitrogens is 2. The highest BCUT2D eigenvalue weighted by atomic mass is 32.1. The molecule has 0 aliphatic heterocycles. The van der Waals surface area contributed by atoms with Crippen LogP contribution in [0.2, 0.25) is 0 Å². The van der Waals surface area contributed by atoms with Crippen LogP contribution in [-0.4, -0.2) is 14.5 Å². The second-order valence-corrected chi connectivity index (χ2v) is 4.82. The molecule has 2 N–H and O–H groups in total. The minimum absolute atomic E-state index is 0.0830. The van der Waals surface area contributed by atoms with Gasteiger partial charge in [0.15, 0.2) is 0 Å². The lowest BCUT2D eigenvalue weighted by molar-refractivity contribution is -0.385. The average molecular weight is 280 g/mol. The summed E-state index contributed by atoms with van der Waals surface area (Å²) < 4.78 is 9.29. The number of nitrogens with zero attached hydrogens (tertiary/aromatic N) is 3. The lowest BCUT2D eigenvalue weighted by atomic mass is 10.1. The quantitative estimate of drug-likeness (QED) is 0.680. The maximum atomic E-state index is 10.8. The highest BCUT2D eigenvalue weighted by Gasteiger charge is 2.14. The van der Waals surface area contributed by atoms with Crippen molar-refractivity contribution >= 4 is 22.2 Å². The van der Waals surface area contributed by atoms with Gasteiger partial charge >= 0.3 is 0 Å². The summed E-state index contributed by atoms with van der Waals surface area (Å²) in [4.78, 5) is 10.4. The molecule has 0 saturated carbocycles. The van der Waals surface area contributed by atoms with E-state index in [4.69, 9.17) is 10.5 Å². The van der Waals surface area contributed by atoms with Crippen molar-refractivity contribution < 1.29 is 9.66 Å². The fraction of sp³-hybridized carbons (Fsp3) is 0.273. The van der Waals surface area contributed by atoms with Crippen molar-refractivity contribution in [2.75, 3.05) is 5.73 Å². The normalized spacial score (nSPS) is 10.4. The third-order valence-corrected chi connectivity index (χ3v) is 3.24. The zero-order valence-electron chi connectivity index (χ0n) is 10.4. The summed E-state index contributed by atoms with van der Waals surface area (Å²) in [6, 6.07) is 3.14. The number of nitrogens with two attached hydrogens (primary N) is 1. The number of nitro benzene ring substituents is 1. The van der Waals surface area contributed by atoms with E-state index in [2.05, 4.69) is 9.59 Å². The van der Waals surface area contributed by atoms with Crippen LogP contribution in [0, 0.1) is 24.0 Å². The number of ether oxygens (including phenoxy) is 1. The molecular weight excluding hydrogens is 268 g/mol. The Morgan fingerprint density at radius 1 is 1.42 bits per heavy atom. The highest BCUT2D eigenvalue weighted by molar-refractivity contribution is 7.09. The van der Waals surface area contributed by atoms with Crippen LogP contribution in [0.15, 0.2) is 12.1 Å². The van der Waals surface area contributed by atoms with E-state index in [-0.39, 0.29) is 12.3 Å². The summed E-state index contributed by atoms with van der Waals surface area (Å²) in [5.41, 5.74) is 7.56. The Morgan fingerprint density at radius 2 is 2.16 bits per heavy atom. The highest BCUT2D eigenvalue weighted by Crippen LogP contribution is 2.28. The minimum Gasteiger partial charge on any atom is -0.487 e. The number of rotatable bonds is 4. The number of hydrogen-bond donors (Lipinski definition) is 1. The number of nitrogen functional groups attached to an aromatic ring is 1. The second-order valence-electron chi connectivity index (χ2n) is 4.03. The molecule has 100 valence electrons. The van der Waals surface area contributed by atoms with E-state index in [0.29, 0.717) is 27.6 Å². The van der Waals surface area contributed by atoms with Gasteiger partial charge in [0.05, 0.1) is 4.92 Å². The summed E-state index contributed by atoms with van der Waals surface area (Å²) in [7, 11) is 0. The average Bonchev–Trinajstić information content (AvgIpc) is 2.75. The van der Waals surface area contributed by atoms with Crippen molar-refractivity contribution in [2.45, 2.75) is 20.5 Å². The van der Waals surface area contributed by atoms with Crippen molar-refractivity contribution in [2.24, 2.45) is 0 Å². The summed E-state index contributed by atoms with van der Waals surface area (Å²) in [5.74, 6) is 0.579. The van der Waals surface area contributed by atoms with Crippen LogP contribution in [0.5, 0.6) is 5.75 Å². The monoisotopic (exact) mass is 280 g/mol. The number of aryl methyl sites for hydroxylation is 2. The molecule has 0 fully saturated rings. The zero-order valence-corrected chi connectivity index (χ0v) is 11.2. The Bertz CT molecular complexity index is 626. The first kappa shape index (κ1) is 13.2. The molecule has 0 aliphatic carbocycles. The van der Waals surface area contributed by atoms with Gasteiger partial charge in [-0.3, -0.25) is 10.1 Å². The first-order valence-electron chi connectivity index (χ1n) is 5.44. The molecule has 0 spiro atoms. The Labute approximate surface area is 113 Å². The van der Waals surface area contributed by atoms with Gasteiger partial charge < -0.3 is 10.5 Å². The molecule has 0 atom stereocenters. The zero-order chi connectivity index (χ0) is 14.0. The predicted molar refractivity (Wildman–Crippen MR) is 71.2 cm³/mol. The standard InChI is InChI=1S/C11H12N4O3S/c1-6-4-10(7(2)3-9(6)15(16)17)18-5-8-11(12)19-14-13-8/h3-4H,5,12H2,1-2H3. The molecule has 19 heavy (non-hydrogen) atoms. The van der Waals surface area contributed by atoms with Crippen molar-refractivity contribution in [3.05, 3.63) is 39.1 Å². The maximum Gasteiger partial charge on any atom is 0.272 e. The first-order chi connectivity index (χ1) is 8.99. The van der Waals surface area contributed by atoms with Gasteiger partial charge in [0.25, 0.3) is 5.69 Å². The second kappa shape index (κ2) is 5.19. The molecule has 0 bridgehead atoms. The van der Waals surface area contributed by atoms with Crippen molar-refractivity contribution in [1.29, 1.82) is 0 Å². The molecule has 0 saturated heterocycles. The van der Waals surface area contributed by atoms with Crippen molar-refractivity contribution in [3.8, 4) is 5.75 Å². The van der Waals surface area contributed by atoms with Gasteiger partial charge in [-0.05, 0) is 25.5 Å². The number of nitro groups is 1. The molecule has 2 rings (SSSR count). The SMILES string of the molecule is Cc1cc([N+](=O)[O-])c(C)cc1OCc1nnsc1N. The van der Waals surface area contributed by atoms with Gasteiger partial charge in [-0.1, -0.05) is 4.49 Å². The number of hydrogen-bond acceptors (Lipinski definition) is 7. The summed E-state index contributed by atoms with van der Waals surface area (Å²) in [5, 5.41) is 15.2. The smallest absolute Gasteiger partial charge is 0.272 e. The van der Waals surface area contributed by atoms with Gasteiger partial charge in [-0.2, -0.15) is 0 Å². The van der Waals surface area contributed by atoms with Crippen LogP contribution in [0.3, 0.4) is 0 Å². The fourth-order valence-corrected chi connectivity index (χ4v) is 2.02. The van der Waals surface area contributed by atoms with E-state index in [1.165, 1.54) is 6.07 Å². The van der Waals surface area contributed by atoms with Crippen LogP contribution in [0.4, 0.5) is 10.7 Å². The van der Waals surface area contributed by atoms with E-state index < -0.39 is 4.92 Å². The van der Waals surface area contributed by atoms with E-state index >= 15 is 0 Å². The van der Waals surface area contributed by atoms with E-state index in [9.17, 15) is 10.1 Å². The largest absolute Gasteiger partial charge is 0.487 e. The molecule has 1 heterocycles. The first-order valence-corrected chi connectivity index (χ1v) is 6.21. The molecule has 7 nitrogen and oxygen atoms in total. The molecule has 0 aliphatic rings. The molecule has 0 amide bonds. The van der Waals surface area contributed by atoms with Crippen LogP contribution in [-0.2, 0) is 6.61 Å². The van der Waals surface area contributed by atoms with Crippen LogP contribution in [0.25, 0.3) is 0 Å². The van der Waals surface area contributed by atoms with E-state index in [1.54, 1.807) is 19.9 Å². The summed E-state index contributed by atoms with van der Waals surface area (Å²) in [6.07, 6.45) is 0. The Balaban J connectivity index is 2.20. The van der Waals surface area contributed by atoms with Gasteiger partial charge in [0.2, 0.25) is 0 Å². The topological polar surface area (TPSA) is 104 Å². The predicted octanol–water partition coefficient (Wildman–Crippen LogP) is 2.22. The fourth-order valence-electron chi connectivity index (χ4n) is 1.59. The van der Waals surface area contributed by atoms with Crippen LogP contribution < -0.4 is 10.5 Å². The van der Waals surface area contributed by atoms with Crippen molar-refractivity contribution in [3.63, 3.8) is 0 Å². The molecule has 0 unspecified atom stereocenters. The van der Waals surface area contributed by atoms with Gasteiger partial charge in [-0.15, -0.1) is 5.10 Å². The Morgan fingerprint density at radius 3 is 2.74 bits per heavy atom. The molecule has 0 radical (unpaired) electrons. The molecule has 1 aromatic heterocycles. The van der Waals surface area contributed by atoms with E-state index in [0.717, 1.165) is 11.5 Å². The molecule has 8 heteroatoms. The summed E-state index contributed by atoms with van der Waals surface area (Å²) >= 11 is 1.10. The number of anilines is 1. The van der Waals surface area contributed by atoms with Gasteiger partial charge in [-0.25, -0.2) is 0 Å². The van der Waals surface area contributed by atoms with E-state index in [1.807, 2.05) is 0 Å². The third-order valence-electron chi connectivity index (χ3n) is 2.64. The molecule has 2 aromatic rings. The van der Waals surface area contributed by atoms with Crippen molar-refractivity contribution in [1.82, 2.24) is 9.59 Å². The summed E-state index contributed by atoms with van der Waals surface area (Å²) in [6.45, 7) is 3.62. The molecular formula is C11H12N4O3S. The molecule has 1 aromatic carbocycles. The van der Waals surface area contributed by atoms with Crippen LogP contribution in [0.1, 0.15) is 16.8 Å². The number of benzene rings is 1. The third kappa shape index (κ3) is 2.79.